The fourth-order valence-corrected chi connectivity index (χ4v) is 1.20. The van der Waals surface area contributed by atoms with Gasteiger partial charge in [-0.05, 0) is 24.3 Å². The molecule has 0 radical (unpaired) electrons. The molecule has 0 spiro atoms. The summed E-state index contributed by atoms with van der Waals surface area (Å²) in [4.78, 5) is 0. The summed E-state index contributed by atoms with van der Waals surface area (Å²) >= 11 is 0. The van der Waals surface area contributed by atoms with E-state index in [1.807, 2.05) is 0 Å². The average Bonchev–Trinajstić information content (AvgIpc) is 2.61. The number of hydrogen-bond acceptors (Lipinski definition) is 3. The molecule has 2 aromatic rings. The van der Waals surface area contributed by atoms with Crippen molar-refractivity contribution in [1.82, 2.24) is 0 Å². The lowest BCUT2D eigenvalue weighted by Gasteiger charge is -2.01. The second-order valence-corrected chi connectivity index (χ2v) is 2.79. The number of anilines is 1. The molecule has 1 aromatic carbocycles. The van der Waals surface area contributed by atoms with Gasteiger partial charge in [0.25, 0.3) is 0 Å². The average molecular weight is 212 g/mol. The van der Waals surface area contributed by atoms with Crippen molar-refractivity contribution in [2.24, 2.45) is 0 Å². The molecule has 1 aromatic heterocycles. The third-order valence-corrected chi connectivity index (χ3v) is 1.85. The van der Waals surface area contributed by atoms with Crippen molar-refractivity contribution >= 4 is 18.1 Å². The van der Waals surface area contributed by atoms with Crippen LogP contribution >= 0.6 is 12.4 Å². The Morgan fingerprint density at radius 3 is 2.64 bits per heavy atom. The van der Waals surface area contributed by atoms with Gasteiger partial charge in [0.15, 0.2) is 0 Å². The Balaban J connectivity index is 0.000000980. The molecular weight excluding hydrogens is 202 g/mol. The van der Waals surface area contributed by atoms with Crippen LogP contribution in [0, 0.1) is 0 Å². The summed E-state index contributed by atoms with van der Waals surface area (Å²) in [7, 11) is 0. The molecule has 0 saturated heterocycles. The van der Waals surface area contributed by atoms with E-state index in [1.54, 1.807) is 36.8 Å². The number of phenolic OH excluding ortho intramolecular Hbond substituents is 1. The van der Waals surface area contributed by atoms with E-state index >= 15 is 0 Å². The molecule has 0 saturated carbocycles. The molecule has 2 rings (SSSR count). The molecule has 14 heavy (non-hydrogen) atoms. The molecule has 0 amide bonds. The van der Waals surface area contributed by atoms with Crippen molar-refractivity contribution in [3.63, 3.8) is 0 Å². The third-order valence-electron chi connectivity index (χ3n) is 1.85. The lowest BCUT2D eigenvalue weighted by atomic mass is 10.1. The number of nitrogen functional groups attached to an aromatic ring is 1. The summed E-state index contributed by atoms with van der Waals surface area (Å²) in [6.07, 6.45) is 3.12. The summed E-state index contributed by atoms with van der Waals surface area (Å²) in [5.41, 5.74) is 7.72. The molecule has 3 nitrogen and oxygen atoms in total. The highest BCUT2D eigenvalue weighted by molar-refractivity contribution is 5.85. The fraction of sp³-hybridized carbons (Fsp3) is 0. The topological polar surface area (TPSA) is 59.4 Å². The summed E-state index contributed by atoms with van der Waals surface area (Å²) in [6, 6.07) is 6.70. The van der Waals surface area contributed by atoms with Crippen LogP contribution in [0.2, 0.25) is 0 Å². The highest BCUT2D eigenvalue weighted by Crippen LogP contribution is 2.30. The van der Waals surface area contributed by atoms with Crippen LogP contribution in [0.5, 0.6) is 5.75 Å². The first-order chi connectivity index (χ1) is 6.27. The van der Waals surface area contributed by atoms with E-state index in [4.69, 9.17) is 10.2 Å². The lowest BCUT2D eigenvalue weighted by molar-refractivity contribution is 0.477. The predicted molar refractivity (Wildman–Crippen MR) is 57.5 cm³/mol. The Morgan fingerprint density at radius 2 is 2.00 bits per heavy atom. The van der Waals surface area contributed by atoms with Gasteiger partial charge >= 0.3 is 0 Å². The van der Waals surface area contributed by atoms with Crippen molar-refractivity contribution in [2.75, 3.05) is 5.73 Å². The van der Waals surface area contributed by atoms with Crippen molar-refractivity contribution in [1.29, 1.82) is 0 Å². The van der Waals surface area contributed by atoms with E-state index < -0.39 is 0 Å². The van der Waals surface area contributed by atoms with Crippen LogP contribution in [0.3, 0.4) is 0 Å². The van der Waals surface area contributed by atoms with Crippen LogP contribution in [-0.2, 0) is 0 Å². The van der Waals surface area contributed by atoms with Crippen molar-refractivity contribution in [3.8, 4) is 16.9 Å². The zero-order valence-electron chi connectivity index (χ0n) is 7.31. The van der Waals surface area contributed by atoms with E-state index in [9.17, 15) is 5.11 Å². The molecule has 0 aliphatic heterocycles. The van der Waals surface area contributed by atoms with Gasteiger partial charge in [-0.1, -0.05) is 0 Å². The Morgan fingerprint density at radius 1 is 1.21 bits per heavy atom. The van der Waals surface area contributed by atoms with Gasteiger partial charge in [0.05, 0.1) is 12.5 Å². The Bertz CT molecular complexity index is 412. The van der Waals surface area contributed by atoms with Gasteiger partial charge in [-0.3, -0.25) is 0 Å². The third kappa shape index (κ3) is 1.83. The maximum atomic E-state index is 9.51. The van der Waals surface area contributed by atoms with Crippen LogP contribution in [0.1, 0.15) is 0 Å². The quantitative estimate of drug-likeness (QED) is 0.563. The molecule has 0 unspecified atom stereocenters. The number of nitrogens with two attached hydrogens (primary N) is 1. The summed E-state index contributed by atoms with van der Waals surface area (Å²) < 4.78 is 4.91. The van der Waals surface area contributed by atoms with E-state index in [1.165, 1.54) is 0 Å². The number of rotatable bonds is 1. The molecule has 74 valence electrons. The van der Waals surface area contributed by atoms with Crippen molar-refractivity contribution < 1.29 is 9.52 Å². The maximum Gasteiger partial charge on any atom is 0.123 e. The predicted octanol–water partition coefficient (Wildman–Crippen LogP) is 2.66. The normalized spacial score (nSPS) is 9.43. The van der Waals surface area contributed by atoms with Crippen LogP contribution in [0.4, 0.5) is 5.69 Å². The number of furan rings is 1. The number of aromatic hydroxyl groups is 1. The minimum absolute atomic E-state index is 0. The number of hydrogen-bond donors (Lipinski definition) is 2. The maximum absolute atomic E-state index is 9.51. The molecule has 0 aliphatic rings. The van der Waals surface area contributed by atoms with Gasteiger partial charge in [-0.2, -0.15) is 0 Å². The van der Waals surface area contributed by atoms with Crippen LogP contribution < -0.4 is 5.73 Å². The Hall–Kier alpha value is -1.61. The fourth-order valence-electron chi connectivity index (χ4n) is 1.20. The van der Waals surface area contributed by atoms with Crippen molar-refractivity contribution in [3.05, 3.63) is 36.8 Å². The van der Waals surface area contributed by atoms with Gasteiger partial charge in [0, 0.05) is 16.8 Å². The minimum Gasteiger partial charge on any atom is -0.507 e. The molecule has 3 N–H and O–H groups in total. The van der Waals surface area contributed by atoms with Gasteiger partial charge < -0.3 is 15.3 Å². The van der Waals surface area contributed by atoms with E-state index in [-0.39, 0.29) is 18.2 Å². The molecule has 0 bridgehead atoms. The van der Waals surface area contributed by atoms with Gasteiger partial charge in [-0.15, -0.1) is 12.4 Å². The van der Waals surface area contributed by atoms with Crippen LogP contribution in [-0.4, -0.2) is 5.11 Å². The van der Waals surface area contributed by atoms with Crippen LogP contribution in [0.15, 0.2) is 41.2 Å². The highest BCUT2D eigenvalue weighted by Gasteiger charge is 2.04. The molecule has 0 aliphatic carbocycles. The molecule has 1 heterocycles. The standard InChI is InChI=1S/C10H9NO2.ClH/c11-8-1-2-10(12)9(5-8)7-3-4-13-6-7;/h1-6,12H,11H2;1H. The van der Waals surface area contributed by atoms with Gasteiger partial charge in [0.1, 0.15) is 5.75 Å². The minimum atomic E-state index is 0. The molecular formula is C10H10ClNO2. The number of phenols is 1. The molecule has 0 fully saturated rings. The zero-order chi connectivity index (χ0) is 9.26. The monoisotopic (exact) mass is 211 g/mol. The number of benzene rings is 1. The second-order valence-electron chi connectivity index (χ2n) is 2.79. The summed E-state index contributed by atoms with van der Waals surface area (Å²) in [5.74, 6) is 0.204. The zero-order valence-corrected chi connectivity index (χ0v) is 8.12. The lowest BCUT2D eigenvalue weighted by Crippen LogP contribution is -1.84. The number of halogens is 1. The molecule has 0 atom stereocenters. The van der Waals surface area contributed by atoms with E-state index in [0.29, 0.717) is 11.3 Å². The first kappa shape index (κ1) is 10.5. The van der Waals surface area contributed by atoms with Crippen LogP contribution in [0.25, 0.3) is 11.1 Å². The second kappa shape index (κ2) is 4.07. The van der Waals surface area contributed by atoms with Crippen molar-refractivity contribution in [2.45, 2.75) is 0 Å². The Kier molecular flexibility index (Phi) is 3.04. The first-order valence-corrected chi connectivity index (χ1v) is 3.88. The first-order valence-electron chi connectivity index (χ1n) is 3.88. The SMILES string of the molecule is Cl.Nc1ccc(O)c(-c2ccoc2)c1. The summed E-state index contributed by atoms with van der Waals surface area (Å²) in [5, 5.41) is 9.51. The summed E-state index contributed by atoms with van der Waals surface area (Å²) in [6.45, 7) is 0. The largest absolute Gasteiger partial charge is 0.507 e. The van der Waals surface area contributed by atoms with E-state index in [0.717, 1.165) is 5.56 Å². The van der Waals surface area contributed by atoms with E-state index in [2.05, 4.69) is 0 Å². The molecule has 4 heteroatoms. The van der Waals surface area contributed by atoms with Gasteiger partial charge in [-0.25, -0.2) is 0 Å². The smallest absolute Gasteiger partial charge is 0.123 e. The van der Waals surface area contributed by atoms with Gasteiger partial charge in [0.2, 0.25) is 0 Å². The Labute approximate surface area is 87.6 Å². The highest BCUT2D eigenvalue weighted by atomic mass is 35.5.